The van der Waals surface area contributed by atoms with Crippen LogP contribution in [0, 0.1) is 5.92 Å². The van der Waals surface area contributed by atoms with E-state index in [4.69, 9.17) is 5.11 Å². The summed E-state index contributed by atoms with van der Waals surface area (Å²) in [7, 11) is 0. The van der Waals surface area contributed by atoms with Crippen molar-refractivity contribution in [1.82, 2.24) is 5.32 Å². The number of aliphatic hydroxyl groups excluding tert-OH is 1. The molecular weight excluding hydrogens is 174 g/mol. The van der Waals surface area contributed by atoms with Crippen LogP contribution in [0.25, 0.3) is 0 Å². The average Bonchev–Trinajstić information content (AvgIpc) is 2.30. The van der Waals surface area contributed by atoms with Crippen molar-refractivity contribution in [3.8, 4) is 0 Å². The van der Waals surface area contributed by atoms with E-state index in [1.807, 2.05) is 6.07 Å². The molecule has 2 rings (SSSR count). The van der Waals surface area contributed by atoms with Crippen molar-refractivity contribution >= 4 is 0 Å². The molecule has 2 N–H and O–H groups in total. The van der Waals surface area contributed by atoms with E-state index in [9.17, 15) is 0 Å². The van der Waals surface area contributed by atoms with Crippen molar-refractivity contribution in [3.05, 3.63) is 35.9 Å². The minimum atomic E-state index is 0.314. The van der Waals surface area contributed by atoms with Crippen LogP contribution in [-0.2, 0) is 0 Å². The fourth-order valence-electron chi connectivity index (χ4n) is 2.04. The Balaban J connectivity index is 1.96. The van der Waals surface area contributed by atoms with Crippen LogP contribution in [-0.4, -0.2) is 18.3 Å². The van der Waals surface area contributed by atoms with E-state index in [-0.39, 0.29) is 0 Å². The van der Waals surface area contributed by atoms with E-state index in [2.05, 4.69) is 29.6 Å². The molecule has 76 valence electrons. The van der Waals surface area contributed by atoms with Crippen molar-refractivity contribution in [2.24, 2.45) is 5.92 Å². The lowest BCUT2D eigenvalue weighted by Crippen LogP contribution is -2.34. The zero-order valence-corrected chi connectivity index (χ0v) is 8.32. The molecule has 1 aromatic rings. The number of aliphatic hydroxyl groups is 1. The van der Waals surface area contributed by atoms with Gasteiger partial charge in [-0.1, -0.05) is 30.3 Å². The molecule has 0 saturated carbocycles. The molecule has 0 bridgehead atoms. The Morgan fingerprint density at radius 2 is 2.00 bits per heavy atom. The molecule has 0 aromatic heterocycles. The van der Waals surface area contributed by atoms with Gasteiger partial charge in [0.1, 0.15) is 0 Å². The van der Waals surface area contributed by atoms with Crippen LogP contribution < -0.4 is 5.32 Å². The topological polar surface area (TPSA) is 32.3 Å². The van der Waals surface area contributed by atoms with Gasteiger partial charge in [0.05, 0.1) is 0 Å². The zero-order valence-electron chi connectivity index (χ0n) is 8.32. The summed E-state index contributed by atoms with van der Waals surface area (Å²) in [5, 5.41) is 12.5. The highest BCUT2D eigenvalue weighted by Crippen LogP contribution is 2.24. The number of hydrogen-bond donors (Lipinski definition) is 2. The summed E-state index contributed by atoms with van der Waals surface area (Å²) in [6.45, 7) is 1.25. The van der Waals surface area contributed by atoms with Gasteiger partial charge in [0.25, 0.3) is 0 Å². The van der Waals surface area contributed by atoms with Crippen molar-refractivity contribution in [3.63, 3.8) is 0 Å². The summed E-state index contributed by atoms with van der Waals surface area (Å²) in [4.78, 5) is 0. The number of piperidine rings is 1. The molecule has 0 unspecified atom stereocenters. The average molecular weight is 191 g/mol. The Hall–Kier alpha value is -0.860. The molecule has 1 aromatic carbocycles. The van der Waals surface area contributed by atoms with Crippen LogP contribution in [0.15, 0.2) is 30.3 Å². The zero-order chi connectivity index (χ0) is 9.80. The summed E-state index contributed by atoms with van der Waals surface area (Å²) in [5.41, 5.74) is 1.36. The normalized spacial score (nSPS) is 27.5. The summed E-state index contributed by atoms with van der Waals surface area (Å²) in [6, 6.07) is 11.0. The Morgan fingerprint density at radius 3 is 2.57 bits per heavy atom. The maximum absolute atomic E-state index is 9.01. The quantitative estimate of drug-likeness (QED) is 0.746. The van der Waals surface area contributed by atoms with Gasteiger partial charge in [-0.05, 0) is 24.3 Å². The SMILES string of the molecule is OC[C@H]1CC[C@@H](c2ccccc2)NC1. The highest BCUT2D eigenvalue weighted by Gasteiger charge is 2.20. The van der Waals surface area contributed by atoms with E-state index in [0.717, 1.165) is 19.4 Å². The van der Waals surface area contributed by atoms with E-state index < -0.39 is 0 Å². The molecule has 2 atom stereocenters. The van der Waals surface area contributed by atoms with Gasteiger partial charge in [-0.3, -0.25) is 0 Å². The second-order valence-electron chi connectivity index (χ2n) is 4.00. The Morgan fingerprint density at radius 1 is 1.21 bits per heavy atom. The van der Waals surface area contributed by atoms with Crippen molar-refractivity contribution < 1.29 is 5.11 Å². The van der Waals surface area contributed by atoms with Gasteiger partial charge in [-0.2, -0.15) is 0 Å². The Labute approximate surface area is 85.0 Å². The van der Waals surface area contributed by atoms with Crippen LogP contribution in [0.4, 0.5) is 0 Å². The first-order valence-corrected chi connectivity index (χ1v) is 5.29. The third-order valence-corrected chi connectivity index (χ3v) is 2.98. The fourth-order valence-corrected chi connectivity index (χ4v) is 2.04. The van der Waals surface area contributed by atoms with Crippen LogP contribution in [0.3, 0.4) is 0 Å². The summed E-state index contributed by atoms with van der Waals surface area (Å²) in [5.74, 6) is 0.454. The smallest absolute Gasteiger partial charge is 0.0471 e. The number of benzene rings is 1. The van der Waals surface area contributed by atoms with Crippen LogP contribution in [0.5, 0.6) is 0 Å². The maximum atomic E-state index is 9.01. The van der Waals surface area contributed by atoms with E-state index in [1.54, 1.807) is 0 Å². The van der Waals surface area contributed by atoms with Gasteiger partial charge in [0, 0.05) is 19.2 Å². The van der Waals surface area contributed by atoms with Crippen molar-refractivity contribution in [1.29, 1.82) is 0 Å². The summed E-state index contributed by atoms with van der Waals surface area (Å²) in [6.07, 6.45) is 2.26. The lowest BCUT2D eigenvalue weighted by molar-refractivity contribution is 0.184. The van der Waals surface area contributed by atoms with Crippen LogP contribution in [0.1, 0.15) is 24.4 Å². The lowest BCUT2D eigenvalue weighted by atomic mass is 9.91. The molecule has 2 heteroatoms. The number of hydrogen-bond acceptors (Lipinski definition) is 2. The van der Waals surface area contributed by atoms with Gasteiger partial charge in [0.15, 0.2) is 0 Å². The standard InChI is InChI=1S/C12H17NO/c14-9-10-6-7-12(13-8-10)11-4-2-1-3-5-11/h1-5,10,12-14H,6-9H2/t10-,12-/m0/s1. The first-order chi connectivity index (χ1) is 6.90. The Kier molecular flexibility index (Phi) is 3.17. The summed E-state index contributed by atoms with van der Waals surface area (Å²) < 4.78 is 0. The molecule has 1 saturated heterocycles. The molecule has 14 heavy (non-hydrogen) atoms. The molecule has 1 fully saturated rings. The number of rotatable bonds is 2. The predicted octanol–water partition coefficient (Wildman–Crippen LogP) is 1.72. The van der Waals surface area contributed by atoms with Crippen LogP contribution in [0.2, 0.25) is 0 Å². The third-order valence-electron chi connectivity index (χ3n) is 2.98. The molecule has 1 aliphatic rings. The first-order valence-electron chi connectivity index (χ1n) is 5.29. The second-order valence-corrected chi connectivity index (χ2v) is 4.00. The minimum Gasteiger partial charge on any atom is -0.396 e. The van der Waals surface area contributed by atoms with Crippen LogP contribution >= 0.6 is 0 Å². The van der Waals surface area contributed by atoms with Crippen molar-refractivity contribution in [2.45, 2.75) is 18.9 Å². The highest BCUT2D eigenvalue weighted by atomic mass is 16.3. The second kappa shape index (κ2) is 4.58. The van der Waals surface area contributed by atoms with Crippen molar-refractivity contribution in [2.75, 3.05) is 13.2 Å². The first kappa shape index (κ1) is 9.69. The Bertz CT molecular complexity index is 265. The molecule has 0 aliphatic carbocycles. The molecule has 1 aliphatic heterocycles. The lowest BCUT2D eigenvalue weighted by Gasteiger charge is -2.29. The highest BCUT2D eigenvalue weighted by molar-refractivity contribution is 5.19. The van der Waals surface area contributed by atoms with Gasteiger partial charge < -0.3 is 10.4 Å². The predicted molar refractivity (Wildman–Crippen MR) is 57.0 cm³/mol. The largest absolute Gasteiger partial charge is 0.396 e. The molecular formula is C12H17NO. The summed E-state index contributed by atoms with van der Waals surface area (Å²) >= 11 is 0. The molecule has 2 nitrogen and oxygen atoms in total. The monoisotopic (exact) mass is 191 g/mol. The van der Waals surface area contributed by atoms with Gasteiger partial charge in [-0.25, -0.2) is 0 Å². The van der Waals surface area contributed by atoms with E-state index in [1.165, 1.54) is 5.56 Å². The molecule has 0 radical (unpaired) electrons. The molecule has 0 amide bonds. The molecule has 0 spiro atoms. The van der Waals surface area contributed by atoms with Gasteiger partial charge in [0.2, 0.25) is 0 Å². The van der Waals surface area contributed by atoms with Gasteiger partial charge >= 0.3 is 0 Å². The maximum Gasteiger partial charge on any atom is 0.0471 e. The molecule has 1 heterocycles. The third kappa shape index (κ3) is 2.14. The van der Waals surface area contributed by atoms with E-state index in [0.29, 0.717) is 18.6 Å². The number of nitrogens with one attached hydrogen (secondary N) is 1. The minimum absolute atomic E-state index is 0.314. The van der Waals surface area contributed by atoms with Gasteiger partial charge in [-0.15, -0.1) is 0 Å². The fraction of sp³-hybridized carbons (Fsp3) is 0.500. The van der Waals surface area contributed by atoms with E-state index >= 15 is 0 Å².